The van der Waals surface area contributed by atoms with E-state index in [4.69, 9.17) is 4.74 Å². The lowest BCUT2D eigenvalue weighted by Crippen LogP contribution is -2.50. The number of benzene rings is 2. The van der Waals surface area contributed by atoms with Crippen LogP contribution in [0.2, 0.25) is 0 Å². The van der Waals surface area contributed by atoms with E-state index < -0.39 is 24.2 Å². The summed E-state index contributed by atoms with van der Waals surface area (Å²) >= 11 is 0. The molecule has 1 N–H and O–H groups in total. The summed E-state index contributed by atoms with van der Waals surface area (Å²) in [6.45, 7) is 6.36. The van der Waals surface area contributed by atoms with Gasteiger partial charge in [0.05, 0.1) is 18.1 Å². The Balaban J connectivity index is 1.80. The number of nitrogens with zero attached hydrogens (tertiary/aromatic N) is 1. The van der Waals surface area contributed by atoms with Gasteiger partial charge in [0, 0.05) is 13.0 Å². The predicted octanol–water partition coefficient (Wildman–Crippen LogP) is 4.91. The van der Waals surface area contributed by atoms with Crippen molar-refractivity contribution in [2.75, 3.05) is 0 Å². The Bertz CT molecular complexity index is 943. The Kier molecular flexibility index (Phi) is 9.40. The molecular weight excluding hydrogens is 428 g/mol. The van der Waals surface area contributed by atoms with Crippen molar-refractivity contribution in [2.45, 2.75) is 77.7 Å². The van der Waals surface area contributed by atoms with E-state index in [-0.39, 0.29) is 24.1 Å². The van der Waals surface area contributed by atoms with Crippen LogP contribution in [0.3, 0.4) is 0 Å². The summed E-state index contributed by atoms with van der Waals surface area (Å²) in [5.41, 5.74) is 1.92. The van der Waals surface area contributed by atoms with Crippen LogP contribution in [0.1, 0.15) is 57.6 Å². The van der Waals surface area contributed by atoms with Gasteiger partial charge in [0.25, 0.3) is 0 Å². The molecule has 0 bridgehead atoms. The van der Waals surface area contributed by atoms with Crippen LogP contribution in [0, 0.1) is 5.92 Å². The minimum Gasteiger partial charge on any atom is -0.445 e. The number of likely N-dealkylation sites (tertiary alicyclic amines) is 1. The van der Waals surface area contributed by atoms with E-state index in [1.54, 1.807) is 6.92 Å². The minimum atomic E-state index is -0.571. The first kappa shape index (κ1) is 25.6. The SMILES string of the molecule is CCC(CC)CC(=O)[C@H]1[C@H](NC(=O)OCc2ccccc2)C[C@H](C(C)=O)N1Cc1ccccc1. The number of carbonyl (C=O) groups is 3. The highest BCUT2D eigenvalue weighted by Gasteiger charge is 2.47. The van der Waals surface area contributed by atoms with Crippen LogP contribution in [-0.4, -0.2) is 40.7 Å². The van der Waals surface area contributed by atoms with Gasteiger partial charge in [0.15, 0.2) is 5.78 Å². The summed E-state index contributed by atoms with van der Waals surface area (Å²) in [5, 5.41) is 2.91. The van der Waals surface area contributed by atoms with Crippen molar-refractivity contribution in [1.82, 2.24) is 10.2 Å². The lowest BCUT2D eigenvalue weighted by atomic mass is 9.91. The summed E-state index contributed by atoms with van der Waals surface area (Å²) in [6.07, 6.45) is 2.09. The molecule has 0 saturated carbocycles. The molecule has 3 atom stereocenters. The topological polar surface area (TPSA) is 75.7 Å². The van der Waals surface area contributed by atoms with E-state index >= 15 is 0 Å². The van der Waals surface area contributed by atoms with Gasteiger partial charge in [-0.3, -0.25) is 14.5 Å². The summed E-state index contributed by atoms with van der Waals surface area (Å²) in [6, 6.07) is 17.8. The number of Topliss-reactive ketones (excluding diaryl/α,β-unsaturated/α-hetero) is 2. The molecule has 2 aromatic carbocycles. The second kappa shape index (κ2) is 12.5. The first-order chi connectivity index (χ1) is 16.4. The molecule has 0 aliphatic carbocycles. The fourth-order valence-corrected chi connectivity index (χ4v) is 4.78. The Hall–Kier alpha value is -2.99. The molecule has 2 aromatic rings. The lowest BCUT2D eigenvalue weighted by Gasteiger charge is -2.30. The normalized spacial score (nSPS) is 20.3. The van der Waals surface area contributed by atoms with Crippen LogP contribution in [0.4, 0.5) is 4.79 Å². The van der Waals surface area contributed by atoms with Gasteiger partial charge in [0.1, 0.15) is 12.4 Å². The maximum atomic E-state index is 13.6. The lowest BCUT2D eigenvalue weighted by molar-refractivity contribution is -0.127. The van der Waals surface area contributed by atoms with E-state index in [9.17, 15) is 14.4 Å². The highest BCUT2D eigenvalue weighted by Crippen LogP contribution is 2.30. The van der Waals surface area contributed by atoms with Gasteiger partial charge in [-0.2, -0.15) is 0 Å². The molecule has 34 heavy (non-hydrogen) atoms. The Morgan fingerprint density at radius 3 is 2.12 bits per heavy atom. The molecule has 0 unspecified atom stereocenters. The van der Waals surface area contributed by atoms with Gasteiger partial charge in [-0.25, -0.2) is 4.79 Å². The first-order valence-electron chi connectivity index (χ1n) is 12.2. The molecule has 182 valence electrons. The summed E-state index contributed by atoms with van der Waals surface area (Å²) < 4.78 is 5.43. The molecule has 0 radical (unpaired) electrons. The third-order valence-electron chi connectivity index (χ3n) is 6.78. The molecule has 1 aliphatic heterocycles. The molecule has 1 saturated heterocycles. The number of nitrogens with one attached hydrogen (secondary N) is 1. The third-order valence-corrected chi connectivity index (χ3v) is 6.78. The second-order valence-corrected chi connectivity index (χ2v) is 9.13. The zero-order valence-corrected chi connectivity index (χ0v) is 20.4. The second-order valence-electron chi connectivity index (χ2n) is 9.13. The maximum Gasteiger partial charge on any atom is 0.407 e. The monoisotopic (exact) mass is 464 g/mol. The van der Waals surface area contributed by atoms with Crippen LogP contribution in [0.25, 0.3) is 0 Å². The van der Waals surface area contributed by atoms with E-state index in [0.29, 0.717) is 19.4 Å². The van der Waals surface area contributed by atoms with Gasteiger partial charge >= 0.3 is 6.09 Å². The number of hydrogen-bond acceptors (Lipinski definition) is 5. The van der Waals surface area contributed by atoms with Crippen molar-refractivity contribution in [3.8, 4) is 0 Å². The van der Waals surface area contributed by atoms with Crippen molar-refractivity contribution in [2.24, 2.45) is 5.92 Å². The van der Waals surface area contributed by atoms with Crippen LogP contribution in [0.15, 0.2) is 60.7 Å². The van der Waals surface area contributed by atoms with Crippen LogP contribution in [-0.2, 0) is 27.5 Å². The van der Waals surface area contributed by atoms with Gasteiger partial charge in [-0.05, 0) is 30.4 Å². The first-order valence-corrected chi connectivity index (χ1v) is 12.2. The molecule has 3 rings (SSSR count). The zero-order chi connectivity index (χ0) is 24.5. The van der Waals surface area contributed by atoms with Crippen LogP contribution >= 0.6 is 0 Å². The average Bonchev–Trinajstić information content (AvgIpc) is 3.20. The summed E-state index contributed by atoms with van der Waals surface area (Å²) in [5.74, 6) is 0.355. The van der Waals surface area contributed by atoms with Crippen molar-refractivity contribution < 1.29 is 19.1 Å². The minimum absolute atomic E-state index is 0.00165. The Morgan fingerprint density at radius 2 is 1.56 bits per heavy atom. The summed E-state index contributed by atoms with van der Waals surface area (Å²) in [7, 11) is 0. The van der Waals surface area contributed by atoms with E-state index in [1.807, 2.05) is 65.6 Å². The smallest absolute Gasteiger partial charge is 0.407 e. The Morgan fingerprint density at radius 1 is 0.971 bits per heavy atom. The molecule has 0 aromatic heterocycles. The number of amides is 1. The highest BCUT2D eigenvalue weighted by molar-refractivity contribution is 5.89. The van der Waals surface area contributed by atoms with Gasteiger partial charge in [-0.1, -0.05) is 87.4 Å². The van der Waals surface area contributed by atoms with Gasteiger partial charge < -0.3 is 10.1 Å². The van der Waals surface area contributed by atoms with Gasteiger partial charge in [-0.15, -0.1) is 0 Å². The zero-order valence-electron chi connectivity index (χ0n) is 20.4. The number of alkyl carbamates (subject to hydrolysis) is 1. The van der Waals surface area contributed by atoms with Crippen LogP contribution in [0.5, 0.6) is 0 Å². The molecule has 1 aliphatic rings. The number of carbonyl (C=O) groups excluding carboxylic acids is 3. The van der Waals surface area contributed by atoms with Gasteiger partial charge in [0.2, 0.25) is 0 Å². The molecule has 6 heteroatoms. The number of hydrogen-bond donors (Lipinski definition) is 1. The molecule has 1 amide bonds. The highest BCUT2D eigenvalue weighted by atomic mass is 16.5. The quantitative estimate of drug-likeness (QED) is 0.511. The third kappa shape index (κ3) is 6.76. The molecule has 1 heterocycles. The van der Waals surface area contributed by atoms with E-state index in [2.05, 4.69) is 19.2 Å². The summed E-state index contributed by atoms with van der Waals surface area (Å²) in [4.78, 5) is 40.8. The fourth-order valence-electron chi connectivity index (χ4n) is 4.78. The number of rotatable bonds is 11. The molecule has 1 fully saturated rings. The van der Waals surface area contributed by atoms with E-state index in [1.165, 1.54) is 0 Å². The average molecular weight is 465 g/mol. The molecular formula is C28H36N2O4. The molecule has 0 spiro atoms. The fraction of sp³-hybridized carbons (Fsp3) is 0.464. The van der Waals surface area contributed by atoms with Crippen molar-refractivity contribution in [3.63, 3.8) is 0 Å². The predicted molar refractivity (Wildman–Crippen MR) is 132 cm³/mol. The maximum absolute atomic E-state index is 13.6. The van der Waals surface area contributed by atoms with Crippen molar-refractivity contribution in [1.29, 1.82) is 0 Å². The Labute approximate surface area is 202 Å². The molecule has 6 nitrogen and oxygen atoms in total. The standard InChI is InChI=1S/C28H36N2O4/c1-4-21(5-2)16-26(32)27-24(29-28(33)34-19-23-14-10-7-11-15-23)17-25(20(3)31)30(27)18-22-12-8-6-9-13-22/h6-15,21,24-25,27H,4-5,16-19H2,1-3H3,(H,29,33)/t24-,25-,27-/m1/s1. The van der Waals surface area contributed by atoms with E-state index in [0.717, 1.165) is 24.0 Å². The number of ketones is 2. The van der Waals surface area contributed by atoms with Crippen molar-refractivity contribution >= 4 is 17.7 Å². The van der Waals surface area contributed by atoms with Crippen LogP contribution < -0.4 is 5.32 Å². The largest absolute Gasteiger partial charge is 0.445 e. The van der Waals surface area contributed by atoms with Crippen molar-refractivity contribution in [3.05, 3.63) is 71.8 Å². The number of ether oxygens (including phenoxy) is 1.